The highest BCUT2D eigenvalue weighted by Crippen LogP contribution is 2.23. The molecule has 1 rings (SSSR count). The second kappa shape index (κ2) is 7.28. The van der Waals surface area contributed by atoms with Crippen molar-refractivity contribution >= 4 is 21.6 Å². The lowest BCUT2D eigenvalue weighted by Gasteiger charge is -2.20. The quantitative estimate of drug-likeness (QED) is 0.813. The van der Waals surface area contributed by atoms with Crippen LogP contribution in [0.5, 0.6) is 0 Å². The monoisotopic (exact) mass is 298 g/mol. The van der Waals surface area contributed by atoms with Gasteiger partial charge in [0.05, 0.1) is 31.1 Å². The summed E-state index contributed by atoms with van der Waals surface area (Å²) in [6, 6.07) is 7.70. The summed E-state index contributed by atoms with van der Waals surface area (Å²) < 4.78 is 6.13. The molecule has 17 heavy (non-hydrogen) atoms. The summed E-state index contributed by atoms with van der Waals surface area (Å²) in [5.74, 6) is 0. The van der Waals surface area contributed by atoms with E-state index in [1.54, 1.807) is 6.07 Å². The highest BCUT2D eigenvalue weighted by atomic mass is 79.9. The Morgan fingerprint density at radius 3 is 2.88 bits per heavy atom. The van der Waals surface area contributed by atoms with Crippen LogP contribution >= 0.6 is 15.9 Å². The summed E-state index contributed by atoms with van der Waals surface area (Å²) in [5, 5.41) is 17.6. The summed E-state index contributed by atoms with van der Waals surface area (Å²) in [6.07, 6.45) is 0. The van der Waals surface area contributed by atoms with Crippen molar-refractivity contribution in [3.63, 3.8) is 0 Å². The minimum absolute atomic E-state index is 0.0318. The number of anilines is 1. The van der Waals surface area contributed by atoms with Crippen molar-refractivity contribution in [1.82, 2.24) is 0 Å². The van der Waals surface area contributed by atoms with Crippen LogP contribution < -0.4 is 4.90 Å². The van der Waals surface area contributed by atoms with Crippen LogP contribution in [0, 0.1) is 11.3 Å². The van der Waals surface area contributed by atoms with Gasteiger partial charge in [0, 0.05) is 18.1 Å². The predicted molar refractivity (Wildman–Crippen MR) is 70.0 cm³/mol. The first-order valence-corrected chi connectivity index (χ1v) is 6.07. The van der Waals surface area contributed by atoms with Crippen LogP contribution in [0.25, 0.3) is 0 Å². The Morgan fingerprint density at radius 1 is 1.47 bits per heavy atom. The number of ether oxygens (including phenoxy) is 1. The minimum atomic E-state index is 0.0318. The molecule has 0 aromatic heterocycles. The van der Waals surface area contributed by atoms with Crippen molar-refractivity contribution in [2.24, 2.45) is 0 Å². The zero-order valence-corrected chi connectivity index (χ0v) is 11.3. The number of halogens is 1. The Morgan fingerprint density at radius 2 is 2.24 bits per heavy atom. The lowest BCUT2D eigenvalue weighted by molar-refractivity contribution is 0.0971. The topological polar surface area (TPSA) is 56.5 Å². The lowest BCUT2D eigenvalue weighted by atomic mass is 10.2. The number of benzene rings is 1. The summed E-state index contributed by atoms with van der Waals surface area (Å²) >= 11 is 3.39. The van der Waals surface area contributed by atoms with Gasteiger partial charge in [-0.3, -0.25) is 0 Å². The molecule has 0 aliphatic rings. The van der Waals surface area contributed by atoms with Crippen molar-refractivity contribution < 1.29 is 9.84 Å². The summed E-state index contributed by atoms with van der Waals surface area (Å²) in [5.41, 5.74) is 1.51. The number of aliphatic hydroxyl groups excluding tert-OH is 1. The number of hydrogen-bond acceptors (Lipinski definition) is 4. The molecule has 1 aromatic carbocycles. The first kappa shape index (κ1) is 14.0. The van der Waals surface area contributed by atoms with Gasteiger partial charge >= 0.3 is 0 Å². The molecule has 92 valence electrons. The molecule has 0 saturated carbocycles. The third kappa shape index (κ3) is 4.35. The number of rotatable bonds is 6. The maximum absolute atomic E-state index is 9.01. The first-order valence-electron chi connectivity index (χ1n) is 5.28. The van der Waals surface area contributed by atoms with E-state index < -0.39 is 0 Å². The van der Waals surface area contributed by atoms with E-state index in [-0.39, 0.29) is 6.61 Å². The van der Waals surface area contributed by atoms with Gasteiger partial charge in [0.1, 0.15) is 6.07 Å². The fourth-order valence-corrected chi connectivity index (χ4v) is 1.75. The van der Waals surface area contributed by atoms with Crippen LogP contribution in [0.3, 0.4) is 0 Å². The van der Waals surface area contributed by atoms with Gasteiger partial charge in [-0.25, -0.2) is 0 Å². The number of aliphatic hydroxyl groups is 1. The van der Waals surface area contributed by atoms with Crippen LogP contribution in [0.2, 0.25) is 0 Å². The number of likely N-dealkylation sites (N-methyl/N-ethyl adjacent to an activating group) is 1. The Kier molecular flexibility index (Phi) is 5.98. The fourth-order valence-electron chi connectivity index (χ4n) is 1.40. The summed E-state index contributed by atoms with van der Waals surface area (Å²) in [6.45, 7) is 1.57. The van der Waals surface area contributed by atoms with E-state index in [0.29, 0.717) is 25.3 Å². The van der Waals surface area contributed by atoms with Gasteiger partial charge in [0.2, 0.25) is 0 Å². The van der Waals surface area contributed by atoms with Gasteiger partial charge in [-0.1, -0.05) is 15.9 Å². The molecule has 1 aromatic rings. The molecule has 0 aliphatic heterocycles. The van der Waals surface area contributed by atoms with Crippen molar-refractivity contribution in [3.05, 3.63) is 28.2 Å². The third-order valence-corrected chi connectivity index (χ3v) is 2.79. The molecule has 0 spiro atoms. The van der Waals surface area contributed by atoms with Crippen LogP contribution in [0.1, 0.15) is 5.56 Å². The van der Waals surface area contributed by atoms with Gasteiger partial charge in [0.15, 0.2) is 0 Å². The highest BCUT2D eigenvalue weighted by molar-refractivity contribution is 9.10. The van der Waals surface area contributed by atoms with Crippen molar-refractivity contribution in [2.75, 3.05) is 38.3 Å². The van der Waals surface area contributed by atoms with E-state index in [4.69, 9.17) is 15.1 Å². The molecule has 0 amide bonds. The molecular weight excluding hydrogens is 284 g/mol. The largest absolute Gasteiger partial charge is 0.394 e. The average molecular weight is 299 g/mol. The second-order valence-corrected chi connectivity index (χ2v) is 4.45. The number of nitrogens with zero attached hydrogens (tertiary/aromatic N) is 2. The Labute approximate surface area is 110 Å². The fraction of sp³-hybridized carbons (Fsp3) is 0.417. The molecule has 0 atom stereocenters. The van der Waals surface area contributed by atoms with Gasteiger partial charge in [-0.05, 0) is 18.2 Å². The minimum Gasteiger partial charge on any atom is -0.394 e. The van der Waals surface area contributed by atoms with Crippen molar-refractivity contribution in [2.45, 2.75) is 0 Å². The molecule has 0 heterocycles. The van der Waals surface area contributed by atoms with E-state index in [0.717, 1.165) is 10.2 Å². The molecule has 0 unspecified atom stereocenters. The Balaban J connectivity index is 2.64. The van der Waals surface area contributed by atoms with Crippen LogP contribution in [0.15, 0.2) is 22.7 Å². The summed E-state index contributed by atoms with van der Waals surface area (Å²) in [4.78, 5) is 1.96. The molecule has 0 fully saturated rings. The second-order valence-electron chi connectivity index (χ2n) is 3.53. The van der Waals surface area contributed by atoms with E-state index in [2.05, 4.69) is 22.0 Å². The molecule has 0 aliphatic carbocycles. The molecule has 0 saturated heterocycles. The SMILES string of the molecule is CN(CCOCCO)c1cc(Br)ccc1C#N. The maximum Gasteiger partial charge on any atom is 0.101 e. The first-order chi connectivity index (χ1) is 8.19. The number of nitriles is 1. The molecule has 5 heteroatoms. The Hall–Kier alpha value is -1.09. The van der Waals surface area contributed by atoms with Crippen LogP contribution in [0.4, 0.5) is 5.69 Å². The maximum atomic E-state index is 9.01. The molecule has 0 bridgehead atoms. The lowest BCUT2D eigenvalue weighted by Crippen LogP contribution is -2.23. The van der Waals surface area contributed by atoms with Gasteiger partial charge in [-0.15, -0.1) is 0 Å². The van der Waals surface area contributed by atoms with E-state index in [9.17, 15) is 0 Å². The van der Waals surface area contributed by atoms with E-state index >= 15 is 0 Å². The molecule has 4 nitrogen and oxygen atoms in total. The molecular formula is C12H15BrN2O2. The van der Waals surface area contributed by atoms with Gasteiger partial charge in [-0.2, -0.15) is 5.26 Å². The molecule has 1 N–H and O–H groups in total. The zero-order valence-electron chi connectivity index (χ0n) is 9.69. The number of hydrogen-bond donors (Lipinski definition) is 1. The van der Waals surface area contributed by atoms with E-state index in [1.807, 2.05) is 24.1 Å². The third-order valence-electron chi connectivity index (χ3n) is 2.30. The average Bonchev–Trinajstić information content (AvgIpc) is 2.34. The molecule has 0 radical (unpaired) electrons. The smallest absolute Gasteiger partial charge is 0.101 e. The van der Waals surface area contributed by atoms with Crippen LogP contribution in [-0.4, -0.2) is 38.5 Å². The van der Waals surface area contributed by atoms with Gasteiger partial charge in [0.25, 0.3) is 0 Å². The van der Waals surface area contributed by atoms with E-state index in [1.165, 1.54) is 0 Å². The van der Waals surface area contributed by atoms with Gasteiger partial charge < -0.3 is 14.7 Å². The highest BCUT2D eigenvalue weighted by Gasteiger charge is 2.07. The summed E-state index contributed by atoms with van der Waals surface area (Å²) in [7, 11) is 1.91. The normalized spacial score (nSPS) is 10.0. The predicted octanol–water partition coefficient (Wildman–Crippen LogP) is 1.77. The van der Waals surface area contributed by atoms with Crippen LogP contribution in [-0.2, 0) is 4.74 Å². The Bertz CT molecular complexity index is 404. The standard InChI is InChI=1S/C12H15BrN2O2/c1-15(4-6-17-7-5-16)12-8-11(13)3-2-10(12)9-14/h2-3,8,16H,4-7H2,1H3. The zero-order chi connectivity index (χ0) is 12.7. The van der Waals surface area contributed by atoms with Crippen molar-refractivity contribution in [1.29, 1.82) is 5.26 Å². The van der Waals surface area contributed by atoms with Crippen molar-refractivity contribution in [3.8, 4) is 6.07 Å².